The van der Waals surface area contributed by atoms with Gasteiger partial charge in [-0.3, -0.25) is 0 Å². The molecule has 0 fully saturated rings. The molecule has 0 spiro atoms. The molecule has 0 amide bonds. The Morgan fingerprint density at radius 3 is 2.83 bits per heavy atom. The lowest BCUT2D eigenvalue weighted by Crippen LogP contribution is -2.22. The maximum absolute atomic E-state index is 4.03. The number of benzene rings is 1. The zero-order valence-corrected chi connectivity index (χ0v) is 10.7. The fourth-order valence-electron chi connectivity index (χ4n) is 1.73. The van der Waals surface area contributed by atoms with Gasteiger partial charge in [0.1, 0.15) is 0 Å². The van der Waals surface area contributed by atoms with E-state index < -0.39 is 0 Å². The van der Waals surface area contributed by atoms with Crippen LogP contribution in [-0.4, -0.2) is 34.6 Å². The van der Waals surface area contributed by atoms with Gasteiger partial charge in [-0.2, -0.15) is 0 Å². The van der Waals surface area contributed by atoms with Crippen molar-refractivity contribution in [2.75, 3.05) is 20.1 Å². The maximum atomic E-state index is 4.03. The molecule has 0 atom stereocenters. The fourth-order valence-corrected chi connectivity index (χ4v) is 1.73. The number of hydrogen-bond acceptors (Lipinski definition) is 2. The van der Waals surface area contributed by atoms with E-state index >= 15 is 0 Å². The minimum Gasteiger partial charge on any atom is -0.336 e. The minimum absolute atomic E-state index is 0.962. The standard InChI is InChI=1S/C15H19N3/c1-17(12-13-18-11-9-16-14-18)10-5-8-15-6-3-2-4-7-15/h2-9,11,14H,10,12-13H2,1H3. The molecule has 18 heavy (non-hydrogen) atoms. The molecule has 1 aromatic carbocycles. The molecule has 0 bridgehead atoms. The van der Waals surface area contributed by atoms with Gasteiger partial charge in [0.15, 0.2) is 0 Å². The van der Waals surface area contributed by atoms with Crippen molar-refractivity contribution in [2.45, 2.75) is 6.54 Å². The summed E-state index contributed by atoms with van der Waals surface area (Å²) in [7, 11) is 2.13. The monoisotopic (exact) mass is 241 g/mol. The molecule has 0 aliphatic rings. The highest BCUT2D eigenvalue weighted by molar-refractivity contribution is 5.48. The smallest absolute Gasteiger partial charge is 0.0946 e. The van der Waals surface area contributed by atoms with Crippen LogP contribution in [0.4, 0.5) is 0 Å². The summed E-state index contributed by atoms with van der Waals surface area (Å²) in [6.07, 6.45) is 10.0. The van der Waals surface area contributed by atoms with Crippen LogP contribution in [0.5, 0.6) is 0 Å². The highest BCUT2D eigenvalue weighted by Gasteiger charge is 1.95. The number of likely N-dealkylation sites (N-methyl/N-ethyl adjacent to an activating group) is 1. The molecule has 0 aliphatic heterocycles. The van der Waals surface area contributed by atoms with Crippen LogP contribution < -0.4 is 0 Å². The molecule has 1 aromatic heterocycles. The van der Waals surface area contributed by atoms with E-state index in [4.69, 9.17) is 0 Å². The molecular weight excluding hydrogens is 222 g/mol. The van der Waals surface area contributed by atoms with E-state index in [0.717, 1.165) is 19.6 Å². The molecule has 1 heterocycles. The van der Waals surface area contributed by atoms with Crippen molar-refractivity contribution < 1.29 is 0 Å². The second-order valence-electron chi connectivity index (χ2n) is 4.38. The van der Waals surface area contributed by atoms with Crippen LogP contribution in [0.2, 0.25) is 0 Å². The SMILES string of the molecule is CN(CC=Cc1ccccc1)CCn1ccnc1. The van der Waals surface area contributed by atoms with Crippen LogP contribution in [0.25, 0.3) is 6.08 Å². The third-order valence-corrected chi connectivity index (χ3v) is 2.83. The van der Waals surface area contributed by atoms with Crippen molar-refractivity contribution in [3.8, 4) is 0 Å². The molecule has 0 unspecified atom stereocenters. The van der Waals surface area contributed by atoms with E-state index in [1.54, 1.807) is 0 Å². The molecule has 3 nitrogen and oxygen atoms in total. The Morgan fingerprint density at radius 2 is 2.11 bits per heavy atom. The van der Waals surface area contributed by atoms with E-state index in [2.05, 4.69) is 57.9 Å². The van der Waals surface area contributed by atoms with Gasteiger partial charge in [-0.05, 0) is 12.6 Å². The number of nitrogens with zero attached hydrogens (tertiary/aromatic N) is 3. The second kappa shape index (κ2) is 6.77. The third-order valence-electron chi connectivity index (χ3n) is 2.83. The van der Waals surface area contributed by atoms with Crippen molar-refractivity contribution in [1.82, 2.24) is 14.5 Å². The van der Waals surface area contributed by atoms with E-state index in [1.807, 2.05) is 24.8 Å². The van der Waals surface area contributed by atoms with Gasteiger partial charge in [0.05, 0.1) is 6.33 Å². The van der Waals surface area contributed by atoms with Crippen LogP contribution in [-0.2, 0) is 6.54 Å². The summed E-state index contributed by atoms with van der Waals surface area (Å²) in [6, 6.07) is 10.4. The zero-order chi connectivity index (χ0) is 12.6. The highest BCUT2D eigenvalue weighted by atomic mass is 15.1. The van der Waals surface area contributed by atoms with Crippen molar-refractivity contribution in [3.63, 3.8) is 0 Å². The molecule has 2 aromatic rings. The first-order valence-electron chi connectivity index (χ1n) is 6.20. The molecule has 0 aliphatic carbocycles. The molecule has 2 rings (SSSR count). The van der Waals surface area contributed by atoms with Crippen molar-refractivity contribution in [2.24, 2.45) is 0 Å². The number of imidazole rings is 1. The largest absolute Gasteiger partial charge is 0.336 e. The summed E-state index contributed by atoms with van der Waals surface area (Å²) >= 11 is 0. The summed E-state index contributed by atoms with van der Waals surface area (Å²) in [5, 5.41) is 0. The summed E-state index contributed by atoms with van der Waals surface area (Å²) in [5.41, 5.74) is 1.25. The lowest BCUT2D eigenvalue weighted by molar-refractivity contribution is 0.351. The first kappa shape index (κ1) is 12.6. The summed E-state index contributed by atoms with van der Waals surface area (Å²) < 4.78 is 2.09. The van der Waals surface area contributed by atoms with Gasteiger partial charge in [0, 0.05) is 32.0 Å². The lowest BCUT2D eigenvalue weighted by Gasteiger charge is -2.14. The van der Waals surface area contributed by atoms with Gasteiger partial charge >= 0.3 is 0 Å². The van der Waals surface area contributed by atoms with Crippen LogP contribution in [0.3, 0.4) is 0 Å². The topological polar surface area (TPSA) is 21.1 Å². The number of aromatic nitrogens is 2. The zero-order valence-electron chi connectivity index (χ0n) is 10.7. The average molecular weight is 241 g/mol. The third kappa shape index (κ3) is 4.18. The first-order valence-corrected chi connectivity index (χ1v) is 6.20. The van der Waals surface area contributed by atoms with Crippen molar-refractivity contribution in [3.05, 3.63) is 60.7 Å². The lowest BCUT2D eigenvalue weighted by atomic mass is 10.2. The van der Waals surface area contributed by atoms with Gasteiger partial charge in [0.25, 0.3) is 0 Å². The Morgan fingerprint density at radius 1 is 1.28 bits per heavy atom. The Kier molecular flexibility index (Phi) is 4.73. The second-order valence-corrected chi connectivity index (χ2v) is 4.38. The molecule has 0 saturated carbocycles. The first-order chi connectivity index (χ1) is 8.84. The van der Waals surface area contributed by atoms with Crippen LogP contribution in [0.1, 0.15) is 5.56 Å². The Labute approximate surface area is 108 Å². The predicted molar refractivity (Wildman–Crippen MR) is 75.2 cm³/mol. The van der Waals surface area contributed by atoms with Crippen LogP contribution in [0, 0.1) is 0 Å². The maximum Gasteiger partial charge on any atom is 0.0946 e. The van der Waals surface area contributed by atoms with Crippen molar-refractivity contribution in [1.29, 1.82) is 0 Å². The number of hydrogen-bond donors (Lipinski definition) is 0. The summed E-state index contributed by atoms with van der Waals surface area (Å²) in [6.45, 7) is 2.97. The molecule has 0 N–H and O–H groups in total. The van der Waals surface area contributed by atoms with E-state index in [-0.39, 0.29) is 0 Å². The summed E-state index contributed by atoms with van der Waals surface area (Å²) in [4.78, 5) is 6.32. The van der Waals surface area contributed by atoms with E-state index in [1.165, 1.54) is 5.56 Å². The quantitative estimate of drug-likeness (QED) is 0.775. The van der Waals surface area contributed by atoms with Crippen LogP contribution in [0.15, 0.2) is 55.1 Å². The average Bonchev–Trinajstić information content (AvgIpc) is 2.91. The van der Waals surface area contributed by atoms with Crippen molar-refractivity contribution >= 4 is 6.08 Å². The fraction of sp³-hybridized carbons (Fsp3) is 0.267. The van der Waals surface area contributed by atoms with Gasteiger partial charge in [-0.1, -0.05) is 42.5 Å². The van der Waals surface area contributed by atoms with Gasteiger partial charge < -0.3 is 9.47 Å². The van der Waals surface area contributed by atoms with Crippen LogP contribution >= 0.6 is 0 Å². The predicted octanol–water partition coefficient (Wildman–Crippen LogP) is 2.53. The number of rotatable bonds is 6. The van der Waals surface area contributed by atoms with E-state index in [0.29, 0.717) is 0 Å². The van der Waals surface area contributed by atoms with Gasteiger partial charge in [0.2, 0.25) is 0 Å². The Balaban J connectivity index is 1.71. The molecular formula is C15H19N3. The van der Waals surface area contributed by atoms with Gasteiger partial charge in [-0.15, -0.1) is 0 Å². The highest BCUT2D eigenvalue weighted by Crippen LogP contribution is 2.01. The normalized spacial score (nSPS) is 11.4. The Bertz CT molecular complexity index is 460. The Hall–Kier alpha value is -1.87. The summed E-state index contributed by atoms with van der Waals surface area (Å²) in [5.74, 6) is 0. The molecule has 0 radical (unpaired) electrons. The molecule has 3 heteroatoms. The molecule has 94 valence electrons. The van der Waals surface area contributed by atoms with Gasteiger partial charge in [-0.25, -0.2) is 4.98 Å². The van der Waals surface area contributed by atoms with E-state index in [9.17, 15) is 0 Å². The minimum atomic E-state index is 0.962. The molecule has 0 saturated heterocycles.